The summed E-state index contributed by atoms with van der Waals surface area (Å²) in [5.74, 6) is 0. The van der Waals surface area contributed by atoms with Gasteiger partial charge in [-0.3, -0.25) is 0 Å². The number of thiophene rings is 1. The number of hydrogen-bond acceptors (Lipinski definition) is 3. The van der Waals surface area contributed by atoms with Gasteiger partial charge in [-0.15, -0.1) is 15.2 Å². The fourth-order valence-electron chi connectivity index (χ4n) is 1.71. The van der Waals surface area contributed by atoms with Crippen molar-refractivity contribution in [3.05, 3.63) is 34.7 Å². The van der Waals surface area contributed by atoms with Crippen LogP contribution in [0.5, 0.6) is 0 Å². The van der Waals surface area contributed by atoms with Crippen LogP contribution in [0.2, 0.25) is 0 Å². The summed E-state index contributed by atoms with van der Waals surface area (Å²) in [6.07, 6.45) is 0. The molecular weight excluding hydrogens is 247 g/mol. The number of hydrogen-bond donors (Lipinski definition) is 0. The predicted octanol–water partition coefficient (Wildman–Crippen LogP) is 3.57. The molecule has 0 N–H and O–H groups in total. The maximum absolute atomic E-state index is 13.0. The zero-order chi connectivity index (χ0) is 11.9. The molecule has 1 aromatic carbocycles. The van der Waals surface area contributed by atoms with E-state index in [4.69, 9.17) is 0 Å². The summed E-state index contributed by atoms with van der Waals surface area (Å²) >= 11 is 1.34. The molecule has 0 spiro atoms. The second-order valence-electron chi connectivity index (χ2n) is 3.71. The molecule has 86 valence electrons. The molecule has 2 rings (SSSR count). The minimum atomic E-state index is -4.52. The van der Waals surface area contributed by atoms with Gasteiger partial charge < -0.3 is 0 Å². The van der Waals surface area contributed by atoms with Gasteiger partial charge in [0.15, 0.2) is 0 Å². The molecule has 1 heterocycles. The van der Waals surface area contributed by atoms with Gasteiger partial charge in [-0.1, -0.05) is 18.2 Å². The molecule has 0 bridgehead atoms. The lowest BCUT2D eigenvalue weighted by Crippen LogP contribution is -2.02. The van der Waals surface area contributed by atoms with Gasteiger partial charge in [0.2, 0.25) is 0 Å². The third-order valence-electron chi connectivity index (χ3n) is 2.67. The summed E-state index contributed by atoms with van der Waals surface area (Å²) in [6, 6.07) is 7.60. The van der Waals surface area contributed by atoms with E-state index in [0.29, 0.717) is 4.88 Å². The highest BCUT2D eigenvalue weighted by Gasteiger charge is 2.25. The Labute approximate surface area is 97.9 Å². The third kappa shape index (κ3) is 1.85. The van der Waals surface area contributed by atoms with Crippen LogP contribution in [-0.2, 0) is 10.2 Å². The highest BCUT2D eigenvalue weighted by atomic mass is 32.3. The quantitative estimate of drug-likeness (QED) is 0.772. The number of halogens is 1. The van der Waals surface area contributed by atoms with Gasteiger partial charge in [0, 0.05) is 9.58 Å². The van der Waals surface area contributed by atoms with Crippen molar-refractivity contribution in [3.8, 4) is 0 Å². The molecule has 16 heavy (non-hydrogen) atoms. The second kappa shape index (κ2) is 3.82. The molecule has 1 unspecified atom stereocenters. The van der Waals surface area contributed by atoms with Crippen LogP contribution in [0, 0.1) is 6.92 Å². The summed E-state index contributed by atoms with van der Waals surface area (Å²) in [6.45, 7) is 3.21. The first-order valence-electron chi connectivity index (χ1n) is 4.82. The molecule has 2 aromatic rings. The van der Waals surface area contributed by atoms with E-state index >= 15 is 0 Å². The topological polar surface area (TPSA) is 34.1 Å². The Morgan fingerprint density at radius 1 is 1.31 bits per heavy atom. The lowest BCUT2D eigenvalue weighted by molar-refractivity contribution is 0.541. The van der Waals surface area contributed by atoms with Crippen LogP contribution < -0.4 is 0 Å². The SMILES string of the molecule is Cc1c(C(C)S(=O)(=O)F)sc2ccccc12. The van der Waals surface area contributed by atoms with E-state index < -0.39 is 15.5 Å². The molecule has 0 radical (unpaired) electrons. The van der Waals surface area contributed by atoms with E-state index in [1.165, 1.54) is 18.3 Å². The van der Waals surface area contributed by atoms with Gasteiger partial charge in [-0.2, -0.15) is 8.42 Å². The first-order chi connectivity index (χ1) is 7.41. The van der Waals surface area contributed by atoms with E-state index in [9.17, 15) is 12.3 Å². The average molecular weight is 258 g/mol. The number of benzene rings is 1. The Kier molecular flexibility index (Phi) is 2.75. The van der Waals surface area contributed by atoms with Crippen LogP contribution in [-0.4, -0.2) is 8.42 Å². The van der Waals surface area contributed by atoms with Gasteiger partial charge in [-0.25, -0.2) is 0 Å². The van der Waals surface area contributed by atoms with Crippen LogP contribution in [0.15, 0.2) is 24.3 Å². The highest BCUT2D eigenvalue weighted by Crippen LogP contribution is 2.37. The number of aryl methyl sites for hydroxylation is 1. The van der Waals surface area contributed by atoms with E-state index in [-0.39, 0.29) is 0 Å². The zero-order valence-electron chi connectivity index (χ0n) is 8.90. The van der Waals surface area contributed by atoms with Crippen LogP contribution in [0.3, 0.4) is 0 Å². The lowest BCUT2D eigenvalue weighted by Gasteiger charge is -2.04. The van der Waals surface area contributed by atoms with Gasteiger partial charge in [0.05, 0.1) is 0 Å². The molecule has 0 aliphatic carbocycles. The van der Waals surface area contributed by atoms with Gasteiger partial charge in [0.25, 0.3) is 0 Å². The van der Waals surface area contributed by atoms with E-state index in [2.05, 4.69) is 0 Å². The maximum Gasteiger partial charge on any atom is 0.310 e. The van der Waals surface area contributed by atoms with Crippen molar-refractivity contribution < 1.29 is 12.3 Å². The molecule has 2 nitrogen and oxygen atoms in total. The Hall–Kier alpha value is -0.940. The summed E-state index contributed by atoms with van der Waals surface area (Å²) in [5.41, 5.74) is 0.856. The molecule has 1 aromatic heterocycles. The minimum absolute atomic E-state index is 0.587. The Balaban J connectivity index is 2.67. The van der Waals surface area contributed by atoms with Crippen molar-refractivity contribution in [2.45, 2.75) is 19.1 Å². The first-order valence-corrected chi connectivity index (χ1v) is 7.09. The summed E-state index contributed by atoms with van der Waals surface area (Å²) < 4.78 is 35.7. The van der Waals surface area contributed by atoms with Crippen LogP contribution in [0.4, 0.5) is 3.89 Å². The van der Waals surface area contributed by atoms with Crippen molar-refractivity contribution in [2.75, 3.05) is 0 Å². The second-order valence-corrected chi connectivity index (χ2v) is 6.45. The largest absolute Gasteiger partial charge is 0.310 e. The van der Waals surface area contributed by atoms with Crippen molar-refractivity contribution >= 4 is 31.6 Å². The highest BCUT2D eigenvalue weighted by molar-refractivity contribution is 7.86. The number of rotatable bonds is 2. The van der Waals surface area contributed by atoms with Gasteiger partial charge >= 0.3 is 10.2 Å². The maximum atomic E-state index is 13.0. The van der Waals surface area contributed by atoms with E-state index in [0.717, 1.165) is 15.6 Å². The fraction of sp³-hybridized carbons (Fsp3) is 0.273. The average Bonchev–Trinajstić information content (AvgIpc) is 2.54. The van der Waals surface area contributed by atoms with Gasteiger partial charge in [-0.05, 0) is 30.9 Å². The molecule has 0 saturated carbocycles. The standard InChI is InChI=1S/C11H11FO2S2/c1-7-9-5-3-4-6-10(9)15-11(7)8(2)16(12,13)14/h3-6,8H,1-2H3. The van der Waals surface area contributed by atoms with Gasteiger partial charge in [0.1, 0.15) is 5.25 Å². The third-order valence-corrected chi connectivity index (χ3v) is 5.36. The normalized spacial score (nSPS) is 14.2. The summed E-state index contributed by atoms with van der Waals surface area (Å²) in [5, 5.41) is -0.0806. The monoisotopic (exact) mass is 258 g/mol. The summed E-state index contributed by atoms with van der Waals surface area (Å²) in [4.78, 5) is 0.587. The van der Waals surface area contributed by atoms with Crippen molar-refractivity contribution in [2.24, 2.45) is 0 Å². The van der Waals surface area contributed by atoms with E-state index in [1.807, 2.05) is 31.2 Å². The van der Waals surface area contributed by atoms with E-state index in [1.54, 1.807) is 0 Å². The Morgan fingerprint density at radius 3 is 2.50 bits per heavy atom. The molecule has 0 fully saturated rings. The molecule has 0 aliphatic heterocycles. The lowest BCUT2D eigenvalue weighted by atomic mass is 10.1. The van der Waals surface area contributed by atoms with Crippen LogP contribution in [0.1, 0.15) is 22.6 Å². The zero-order valence-corrected chi connectivity index (χ0v) is 10.5. The molecule has 0 amide bonds. The minimum Gasteiger partial charge on any atom is -0.194 e. The van der Waals surface area contributed by atoms with Crippen molar-refractivity contribution in [1.29, 1.82) is 0 Å². The van der Waals surface area contributed by atoms with Crippen molar-refractivity contribution in [1.82, 2.24) is 0 Å². The molecule has 0 saturated heterocycles. The predicted molar refractivity (Wildman–Crippen MR) is 65.0 cm³/mol. The Bertz CT molecular complexity index is 628. The molecule has 1 atom stereocenters. The molecular formula is C11H11FO2S2. The summed E-state index contributed by atoms with van der Waals surface area (Å²) in [7, 11) is -4.52. The fourth-order valence-corrected chi connectivity index (χ4v) is 3.77. The molecule has 0 aliphatic rings. The smallest absolute Gasteiger partial charge is 0.194 e. The van der Waals surface area contributed by atoms with Crippen LogP contribution in [0.25, 0.3) is 10.1 Å². The molecule has 5 heteroatoms. The van der Waals surface area contributed by atoms with Crippen LogP contribution >= 0.6 is 11.3 Å². The number of fused-ring (bicyclic) bond motifs is 1. The Morgan fingerprint density at radius 2 is 1.94 bits per heavy atom. The van der Waals surface area contributed by atoms with Crippen molar-refractivity contribution in [3.63, 3.8) is 0 Å². The first kappa shape index (κ1) is 11.5.